The number of anilines is 1. The zero-order valence-corrected chi connectivity index (χ0v) is 16.1. The van der Waals surface area contributed by atoms with E-state index in [1.54, 1.807) is 14.2 Å². The molecule has 0 aliphatic carbocycles. The average molecular weight is 385 g/mol. The summed E-state index contributed by atoms with van der Waals surface area (Å²) in [6, 6.07) is 9.65. The number of hydrogen-bond donors (Lipinski definition) is 2. The quantitative estimate of drug-likeness (QED) is 0.585. The van der Waals surface area contributed by atoms with E-state index in [1.165, 1.54) is 24.3 Å². The van der Waals surface area contributed by atoms with E-state index in [1.807, 2.05) is 19.1 Å². The number of rotatable bonds is 6. The van der Waals surface area contributed by atoms with Gasteiger partial charge in [0.25, 0.3) is 5.69 Å². The van der Waals surface area contributed by atoms with Gasteiger partial charge in [-0.25, -0.2) is 0 Å². The third-order valence-electron chi connectivity index (χ3n) is 4.99. The van der Waals surface area contributed by atoms with Gasteiger partial charge in [0.05, 0.1) is 19.1 Å². The summed E-state index contributed by atoms with van der Waals surface area (Å²) in [4.78, 5) is 22.9. The fraction of sp³-hybridized carbons (Fsp3) is 0.350. The number of nitrogens with zero attached hydrogens (tertiary/aromatic N) is 1. The Morgan fingerprint density at radius 3 is 2.46 bits per heavy atom. The fourth-order valence-electron chi connectivity index (χ4n) is 3.56. The van der Waals surface area contributed by atoms with Gasteiger partial charge < -0.3 is 20.1 Å². The van der Waals surface area contributed by atoms with Gasteiger partial charge in [-0.2, -0.15) is 0 Å². The first-order valence-electron chi connectivity index (χ1n) is 8.91. The molecule has 1 aliphatic heterocycles. The smallest absolute Gasteiger partial charge is 0.269 e. The molecule has 0 fully saturated rings. The van der Waals surface area contributed by atoms with Crippen molar-refractivity contribution in [2.45, 2.75) is 25.3 Å². The van der Waals surface area contributed by atoms with Crippen LogP contribution in [0.4, 0.5) is 11.4 Å². The number of nitrogens with one attached hydrogen (secondary N) is 2. The maximum Gasteiger partial charge on any atom is 0.269 e. The molecule has 8 nitrogen and oxygen atoms in total. The molecule has 1 atom stereocenters. The molecule has 0 spiro atoms. The van der Waals surface area contributed by atoms with E-state index in [2.05, 4.69) is 10.6 Å². The molecule has 1 amide bonds. The minimum absolute atomic E-state index is 0.0196. The lowest BCUT2D eigenvalue weighted by Crippen LogP contribution is -2.47. The lowest BCUT2D eigenvalue weighted by molar-refractivity contribution is -0.384. The summed E-state index contributed by atoms with van der Waals surface area (Å²) in [6.07, 6.45) is 1.03. The number of nitro groups is 1. The maximum absolute atomic E-state index is 12.7. The Hall–Kier alpha value is -3.13. The molecule has 0 saturated carbocycles. The van der Waals surface area contributed by atoms with Gasteiger partial charge in [0.15, 0.2) is 11.5 Å². The number of hydrogen-bond acceptors (Lipinski definition) is 6. The number of fused-ring (bicyclic) bond motifs is 1. The Balaban J connectivity index is 1.80. The second-order valence-electron chi connectivity index (χ2n) is 6.90. The lowest BCUT2D eigenvalue weighted by Gasteiger charge is -2.37. The zero-order valence-electron chi connectivity index (χ0n) is 16.1. The summed E-state index contributed by atoms with van der Waals surface area (Å²) in [5.74, 6) is 1.10. The topological polar surface area (TPSA) is 103 Å². The van der Waals surface area contributed by atoms with Crippen LogP contribution in [0.5, 0.6) is 11.5 Å². The molecule has 1 aliphatic rings. The summed E-state index contributed by atoms with van der Waals surface area (Å²) >= 11 is 0. The van der Waals surface area contributed by atoms with Crippen LogP contribution in [0.25, 0.3) is 0 Å². The van der Waals surface area contributed by atoms with Crippen molar-refractivity contribution in [3.63, 3.8) is 0 Å². The zero-order chi connectivity index (χ0) is 20.3. The van der Waals surface area contributed by atoms with Gasteiger partial charge in [-0.1, -0.05) is 0 Å². The van der Waals surface area contributed by atoms with E-state index in [0.29, 0.717) is 17.2 Å². The van der Waals surface area contributed by atoms with Gasteiger partial charge in [-0.3, -0.25) is 14.9 Å². The van der Waals surface area contributed by atoms with E-state index in [-0.39, 0.29) is 18.0 Å². The number of ether oxygens (including phenoxy) is 2. The van der Waals surface area contributed by atoms with Crippen LogP contribution in [-0.2, 0) is 16.8 Å². The second-order valence-corrected chi connectivity index (χ2v) is 6.90. The van der Waals surface area contributed by atoms with Gasteiger partial charge >= 0.3 is 0 Å². The Labute approximate surface area is 163 Å². The van der Waals surface area contributed by atoms with E-state index < -0.39 is 10.5 Å². The SMILES string of the molecule is COc1cc2c(cc1OC)C(C)(CC(=O)Nc1ccc([N+](=O)[O-])cc1)NCC2. The molecule has 0 radical (unpaired) electrons. The Kier molecular flexibility index (Phi) is 5.51. The molecule has 148 valence electrons. The normalized spacial score (nSPS) is 18.1. The van der Waals surface area contributed by atoms with E-state index >= 15 is 0 Å². The number of carbonyl (C=O) groups is 1. The van der Waals surface area contributed by atoms with Crippen LogP contribution in [0.15, 0.2) is 36.4 Å². The third kappa shape index (κ3) is 3.91. The van der Waals surface area contributed by atoms with Crippen LogP contribution < -0.4 is 20.1 Å². The molecule has 0 aromatic heterocycles. The predicted molar refractivity (Wildman–Crippen MR) is 105 cm³/mol. The summed E-state index contributed by atoms with van der Waals surface area (Å²) in [7, 11) is 3.18. The number of amides is 1. The predicted octanol–water partition coefficient (Wildman–Crippen LogP) is 3.00. The van der Waals surface area contributed by atoms with Crippen molar-refractivity contribution in [2.24, 2.45) is 0 Å². The highest BCUT2D eigenvalue weighted by molar-refractivity contribution is 5.91. The molecule has 2 aromatic rings. The van der Waals surface area contributed by atoms with Crippen LogP contribution >= 0.6 is 0 Å². The van der Waals surface area contributed by atoms with Gasteiger partial charge in [-0.15, -0.1) is 0 Å². The molecular formula is C20H23N3O5. The summed E-state index contributed by atoms with van der Waals surface area (Å²) in [5.41, 5.74) is 2.03. The van der Waals surface area contributed by atoms with Gasteiger partial charge in [-0.05, 0) is 48.7 Å². The molecular weight excluding hydrogens is 362 g/mol. The summed E-state index contributed by atoms with van der Waals surface area (Å²) in [5, 5.41) is 17.0. The molecule has 28 heavy (non-hydrogen) atoms. The number of non-ortho nitro benzene ring substituents is 1. The first-order chi connectivity index (χ1) is 13.4. The largest absolute Gasteiger partial charge is 0.493 e. The monoisotopic (exact) mass is 385 g/mol. The van der Waals surface area contributed by atoms with Gasteiger partial charge in [0.2, 0.25) is 5.91 Å². The van der Waals surface area contributed by atoms with Crippen LogP contribution in [0.1, 0.15) is 24.5 Å². The van der Waals surface area contributed by atoms with Gasteiger partial charge in [0.1, 0.15) is 0 Å². The Bertz CT molecular complexity index is 897. The molecule has 0 bridgehead atoms. The van der Waals surface area contributed by atoms with Crippen molar-refractivity contribution in [3.8, 4) is 11.5 Å². The highest BCUT2D eigenvalue weighted by Gasteiger charge is 2.35. The molecule has 8 heteroatoms. The number of benzene rings is 2. The summed E-state index contributed by atoms with van der Waals surface area (Å²) in [6.45, 7) is 2.72. The first-order valence-corrected chi connectivity index (χ1v) is 8.91. The van der Waals surface area contributed by atoms with E-state index in [0.717, 1.165) is 24.1 Å². The van der Waals surface area contributed by atoms with Crippen molar-refractivity contribution in [1.29, 1.82) is 0 Å². The van der Waals surface area contributed by atoms with Crippen LogP contribution in [0, 0.1) is 10.1 Å². The number of carbonyl (C=O) groups excluding carboxylic acids is 1. The maximum atomic E-state index is 12.7. The Morgan fingerprint density at radius 2 is 1.86 bits per heavy atom. The fourth-order valence-corrected chi connectivity index (χ4v) is 3.56. The van der Waals surface area contributed by atoms with E-state index in [4.69, 9.17) is 9.47 Å². The highest BCUT2D eigenvalue weighted by Crippen LogP contribution is 2.39. The number of methoxy groups -OCH3 is 2. The first kappa shape index (κ1) is 19.6. The van der Waals surface area contributed by atoms with Crippen molar-refractivity contribution in [3.05, 3.63) is 57.6 Å². The van der Waals surface area contributed by atoms with Gasteiger partial charge in [0, 0.05) is 36.3 Å². The van der Waals surface area contributed by atoms with Crippen molar-refractivity contribution >= 4 is 17.3 Å². The minimum Gasteiger partial charge on any atom is -0.493 e. The van der Waals surface area contributed by atoms with Crippen LogP contribution in [0.2, 0.25) is 0 Å². The number of nitro benzene ring substituents is 1. The molecule has 2 aromatic carbocycles. The average Bonchev–Trinajstić information content (AvgIpc) is 2.67. The van der Waals surface area contributed by atoms with E-state index in [9.17, 15) is 14.9 Å². The summed E-state index contributed by atoms with van der Waals surface area (Å²) < 4.78 is 10.8. The van der Waals surface area contributed by atoms with Crippen LogP contribution in [0.3, 0.4) is 0 Å². The van der Waals surface area contributed by atoms with Crippen molar-refractivity contribution in [1.82, 2.24) is 5.32 Å². The molecule has 0 saturated heterocycles. The minimum atomic E-state index is -0.571. The highest BCUT2D eigenvalue weighted by atomic mass is 16.6. The van der Waals surface area contributed by atoms with Crippen molar-refractivity contribution < 1.29 is 19.2 Å². The molecule has 3 rings (SSSR count). The van der Waals surface area contributed by atoms with Crippen molar-refractivity contribution in [2.75, 3.05) is 26.1 Å². The molecule has 1 unspecified atom stereocenters. The molecule has 1 heterocycles. The van der Waals surface area contributed by atoms with Crippen LogP contribution in [-0.4, -0.2) is 31.6 Å². The molecule has 2 N–H and O–H groups in total. The Morgan fingerprint density at radius 1 is 1.21 bits per heavy atom. The standard InChI is InChI=1S/C20H23N3O5/c1-20(12-19(24)22-14-4-6-15(7-5-14)23(25)26)16-11-18(28-3)17(27-2)10-13(16)8-9-21-20/h4-7,10-11,21H,8-9,12H2,1-3H3,(H,22,24). The third-order valence-corrected chi connectivity index (χ3v) is 4.99. The lowest BCUT2D eigenvalue weighted by atomic mass is 9.81. The second kappa shape index (κ2) is 7.85.